The second-order valence-corrected chi connectivity index (χ2v) is 3.56. The van der Waals surface area contributed by atoms with Crippen molar-refractivity contribution in [2.24, 2.45) is 0 Å². The number of hydrogen-bond acceptors (Lipinski definition) is 5. The Balaban J connectivity index is 2.13. The van der Waals surface area contributed by atoms with E-state index in [-0.39, 0.29) is 6.61 Å². The maximum absolute atomic E-state index is 11.0. The Morgan fingerprint density at radius 2 is 2.24 bits per heavy atom. The van der Waals surface area contributed by atoms with Gasteiger partial charge in [0.2, 0.25) is 0 Å². The number of rotatable bonds is 2. The molecule has 0 bridgehead atoms. The lowest BCUT2D eigenvalue weighted by atomic mass is 10.1. The van der Waals surface area contributed by atoms with E-state index in [1.807, 2.05) is 0 Å². The van der Waals surface area contributed by atoms with E-state index in [1.54, 1.807) is 24.3 Å². The highest BCUT2D eigenvalue weighted by atomic mass is 16.5. The average molecular weight is 232 g/mol. The Morgan fingerprint density at radius 3 is 3.00 bits per heavy atom. The Hall–Kier alpha value is -2.34. The van der Waals surface area contributed by atoms with Gasteiger partial charge in [-0.1, -0.05) is 11.2 Å². The van der Waals surface area contributed by atoms with Crippen molar-refractivity contribution in [1.82, 2.24) is 10.1 Å². The lowest BCUT2D eigenvalue weighted by molar-refractivity contribution is 0.229. The van der Waals surface area contributed by atoms with Gasteiger partial charge in [-0.25, -0.2) is 4.79 Å². The first-order chi connectivity index (χ1) is 8.26. The van der Waals surface area contributed by atoms with Crippen molar-refractivity contribution < 1.29 is 14.0 Å². The van der Waals surface area contributed by atoms with Crippen LogP contribution in [-0.2, 0) is 6.61 Å². The number of aliphatic hydroxyl groups is 1. The maximum atomic E-state index is 11.0. The normalized spacial score (nSPS) is 11.1. The fraction of sp³-hybridized carbons (Fsp3) is 0.0909. The van der Waals surface area contributed by atoms with Gasteiger partial charge in [-0.3, -0.25) is 4.98 Å². The molecule has 0 aliphatic rings. The molecule has 0 spiro atoms. The predicted molar refractivity (Wildman–Crippen MR) is 58.3 cm³/mol. The average Bonchev–Trinajstić information content (AvgIpc) is 2.92. The zero-order valence-corrected chi connectivity index (χ0v) is 8.64. The number of nitrogens with one attached hydrogen (secondary N) is 1. The van der Waals surface area contributed by atoms with E-state index in [4.69, 9.17) is 14.0 Å². The molecule has 0 unspecified atom stereocenters. The zero-order chi connectivity index (χ0) is 11.8. The molecule has 0 aliphatic carbocycles. The molecule has 3 aromatic rings. The first kappa shape index (κ1) is 9.86. The minimum absolute atomic E-state index is 0.200. The highest BCUT2D eigenvalue weighted by Gasteiger charge is 2.08. The Labute approximate surface area is 94.5 Å². The molecule has 0 aliphatic heterocycles. The molecule has 86 valence electrons. The minimum atomic E-state index is -0.492. The molecule has 0 atom stereocenters. The smallest absolute Gasteiger partial charge is 0.408 e. The summed E-state index contributed by atoms with van der Waals surface area (Å²) in [5.41, 5.74) is 2.43. The van der Waals surface area contributed by atoms with Crippen LogP contribution >= 0.6 is 0 Å². The van der Waals surface area contributed by atoms with Crippen molar-refractivity contribution in [3.8, 4) is 11.3 Å². The van der Waals surface area contributed by atoms with Gasteiger partial charge in [0.05, 0.1) is 5.52 Å². The Kier molecular flexibility index (Phi) is 2.09. The molecule has 0 saturated carbocycles. The van der Waals surface area contributed by atoms with Crippen LogP contribution in [0.4, 0.5) is 0 Å². The molecule has 0 fully saturated rings. The van der Waals surface area contributed by atoms with Gasteiger partial charge in [-0.05, 0) is 12.1 Å². The summed E-state index contributed by atoms with van der Waals surface area (Å²) in [6.45, 7) is -0.200. The molecule has 3 rings (SSSR count). The predicted octanol–water partition coefficient (Wildman–Crippen LogP) is 1.27. The van der Waals surface area contributed by atoms with Crippen molar-refractivity contribution in [2.75, 3.05) is 0 Å². The van der Waals surface area contributed by atoms with Crippen molar-refractivity contribution in [1.29, 1.82) is 0 Å². The SMILES string of the molecule is O=c1[nH]c2ccc(-c3cc(CO)on3)cc2o1. The summed E-state index contributed by atoms with van der Waals surface area (Å²) in [6, 6.07) is 6.83. The summed E-state index contributed by atoms with van der Waals surface area (Å²) < 4.78 is 9.83. The number of aromatic nitrogens is 2. The molecule has 2 N–H and O–H groups in total. The molecule has 6 heteroatoms. The molecule has 1 aromatic carbocycles. The van der Waals surface area contributed by atoms with E-state index in [1.165, 1.54) is 0 Å². The third kappa shape index (κ3) is 1.64. The molecule has 2 heterocycles. The monoisotopic (exact) mass is 232 g/mol. The number of H-pyrrole nitrogens is 1. The quantitative estimate of drug-likeness (QED) is 0.694. The van der Waals surface area contributed by atoms with Gasteiger partial charge in [0.15, 0.2) is 11.3 Å². The minimum Gasteiger partial charge on any atom is -0.408 e. The standard InChI is InChI=1S/C11H8N2O4/c14-5-7-4-9(13-17-7)6-1-2-8-10(3-6)16-11(15)12-8/h1-4,14H,5H2,(H,12,15). The molecule has 2 aromatic heterocycles. The number of nitrogens with zero attached hydrogens (tertiary/aromatic N) is 1. The van der Waals surface area contributed by atoms with Crippen LogP contribution < -0.4 is 5.76 Å². The van der Waals surface area contributed by atoms with Crippen LogP contribution in [0.3, 0.4) is 0 Å². The lowest BCUT2D eigenvalue weighted by Crippen LogP contribution is -1.92. The van der Waals surface area contributed by atoms with Gasteiger partial charge < -0.3 is 14.0 Å². The van der Waals surface area contributed by atoms with Gasteiger partial charge in [0.1, 0.15) is 12.3 Å². The summed E-state index contributed by atoms with van der Waals surface area (Å²) in [5.74, 6) is -0.107. The van der Waals surface area contributed by atoms with E-state index in [0.717, 1.165) is 5.56 Å². The lowest BCUT2D eigenvalue weighted by Gasteiger charge is -1.93. The van der Waals surface area contributed by atoms with Gasteiger partial charge in [0, 0.05) is 11.6 Å². The molecule has 6 nitrogen and oxygen atoms in total. The van der Waals surface area contributed by atoms with Gasteiger partial charge in [-0.15, -0.1) is 0 Å². The largest absolute Gasteiger partial charge is 0.417 e. The number of hydrogen-bond donors (Lipinski definition) is 2. The molecule has 0 saturated heterocycles. The molecule has 17 heavy (non-hydrogen) atoms. The molecule has 0 amide bonds. The van der Waals surface area contributed by atoms with Crippen LogP contribution in [0.5, 0.6) is 0 Å². The van der Waals surface area contributed by atoms with Crippen LogP contribution in [0, 0.1) is 0 Å². The maximum Gasteiger partial charge on any atom is 0.417 e. The Morgan fingerprint density at radius 1 is 1.35 bits per heavy atom. The highest BCUT2D eigenvalue weighted by molar-refractivity contribution is 5.78. The van der Waals surface area contributed by atoms with Crippen LogP contribution in [0.15, 0.2) is 38.0 Å². The van der Waals surface area contributed by atoms with Crippen molar-refractivity contribution in [2.45, 2.75) is 6.61 Å². The first-order valence-corrected chi connectivity index (χ1v) is 4.96. The van der Waals surface area contributed by atoms with Crippen LogP contribution in [0.25, 0.3) is 22.4 Å². The molecular formula is C11H8N2O4. The summed E-state index contributed by atoms with van der Waals surface area (Å²) >= 11 is 0. The van der Waals surface area contributed by atoms with E-state index in [2.05, 4.69) is 10.1 Å². The number of aliphatic hydroxyl groups excluding tert-OH is 1. The van der Waals surface area contributed by atoms with E-state index in [9.17, 15) is 4.79 Å². The van der Waals surface area contributed by atoms with E-state index >= 15 is 0 Å². The number of aromatic amines is 1. The zero-order valence-electron chi connectivity index (χ0n) is 8.64. The summed E-state index contributed by atoms with van der Waals surface area (Å²) in [6.07, 6.45) is 0. The van der Waals surface area contributed by atoms with Crippen LogP contribution in [-0.4, -0.2) is 15.2 Å². The van der Waals surface area contributed by atoms with Crippen molar-refractivity contribution >= 4 is 11.1 Å². The van der Waals surface area contributed by atoms with Crippen molar-refractivity contribution in [3.63, 3.8) is 0 Å². The summed E-state index contributed by atoms with van der Waals surface area (Å²) in [7, 11) is 0. The summed E-state index contributed by atoms with van der Waals surface area (Å²) in [5, 5.41) is 12.7. The van der Waals surface area contributed by atoms with Gasteiger partial charge >= 0.3 is 5.76 Å². The third-order valence-corrected chi connectivity index (χ3v) is 2.43. The highest BCUT2D eigenvalue weighted by Crippen LogP contribution is 2.22. The second-order valence-electron chi connectivity index (χ2n) is 3.56. The van der Waals surface area contributed by atoms with E-state index in [0.29, 0.717) is 22.6 Å². The van der Waals surface area contributed by atoms with Crippen LogP contribution in [0.1, 0.15) is 5.76 Å². The second kappa shape index (κ2) is 3.60. The Bertz CT molecular complexity index is 722. The number of fused-ring (bicyclic) bond motifs is 1. The van der Waals surface area contributed by atoms with Crippen LogP contribution in [0.2, 0.25) is 0 Å². The van der Waals surface area contributed by atoms with Crippen molar-refractivity contribution in [3.05, 3.63) is 40.6 Å². The number of oxazole rings is 1. The molecule has 0 radical (unpaired) electrons. The number of benzene rings is 1. The fourth-order valence-electron chi connectivity index (χ4n) is 1.63. The fourth-order valence-corrected chi connectivity index (χ4v) is 1.63. The van der Waals surface area contributed by atoms with Gasteiger partial charge in [0.25, 0.3) is 0 Å². The van der Waals surface area contributed by atoms with Gasteiger partial charge in [-0.2, -0.15) is 0 Å². The topological polar surface area (TPSA) is 92.3 Å². The molecular weight excluding hydrogens is 224 g/mol. The third-order valence-electron chi connectivity index (χ3n) is 2.43. The van der Waals surface area contributed by atoms with E-state index < -0.39 is 5.76 Å². The first-order valence-electron chi connectivity index (χ1n) is 4.96. The summed E-state index contributed by atoms with van der Waals surface area (Å²) in [4.78, 5) is 13.5.